The third kappa shape index (κ3) is 1.58. The maximum absolute atomic E-state index is 11.0. The van der Waals surface area contributed by atoms with E-state index < -0.39 is 6.17 Å². The first-order chi connectivity index (χ1) is 6.81. The monoisotopic (exact) mass is 210 g/mol. The van der Waals surface area contributed by atoms with E-state index in [0.29, 0.717) is 5.82 Å². The van der Waals surface area contributed by atoms with Crippen LogP contribution in [0.15, 0.2) is 28.6 Å². The molecule has 1 amide bonds. The fourth-order valence-electron chi connectivity index (χ4n) is 1.18. The molecule has 0 aromatic carbocycles. The largest absolute Gasteiger partial charge is 0.328 e. The van der Waals surface area contributed by atoms with Crippen molar-refractivity contribution in [2.75, 3.05) is 5.88 Å². The number of halogens is 1. The van der Waals surface area contributed by atoms with E-state index in [1.807, 2.05) is 6.07 Å². The van der Waals surface area contributed by atoms with Crippen LogP contribution in [-0.4, -0.2) is 16.8 Å². The predicted molar refractivity (Wildman–Crippen MR) is 50.4 cm³/mol. The molecule has 0 fully saturated rings. The summed E-state index contributed by atoms with van der Waals surface area (Å²) in [5.41, 5.74) is 0.797. The number of rotatable bonds is 2. The predicted octanol–water partition coefficient (Wildman–Crippen LogP) is 1.53. The smallest absolute Gasteiger partial charge is 0.236 e. The maximum atomic E-state index is 11.0. The molecule has 2 heterocycles. The van der Waals surface area contributed by atoms with Crippen LogP contribution in [0.2, 0.25) is 0 Å². The minimum Gasteiger partial charge on any atom is -0.328 e. The van der Waals surface area contributed by atoms with Gasteiger partial charge in [-0.25, -0.2) is 4.98 Å². The van der Waals surface area contributed by atoms with Gasteiger partial charge >= 0.3 is 0 Å². The summed E-state index contributed by atoms with van der Waals surface area (Å²) in [4.78, 5) is 15.0. The average Bonchev–Trinajstić information content (AvgIpc) is 2.62. The van der Waals surface area contributed by atoms with Gasteiger partial charge in [0.25, 0.3) is 0 Å². The first kappa shape index (κ1) is 9.08. The van der Waals surface area contributed by atoms with E-state index in [-0.39, 0.29) is 11.8 Å². The highest BCUT2D eigenvalue weighted by Gasteiger charge is 2.22. The van der Waals surface area contributed by atoms with Crippen LogP contribution in [0.5, 0.6) is 0 Å². The molecule has 1 atom stereocenters. The van der Waals surface area contributed by atoms with Gasteiger partial charge in [0.2, 0.25) is 5.91 Å². The number of azo groups is 1. The van der Waals surface area contributed by atoms with Crippen molar-refractivity contribution in [3.8, 4) is 0 Å². The van der Waals surface area contributed by atoms with Crippen LogP contribution in [0, 0.1) is 0 Å². The average molecular weight is 211 g/mol. The number of carbonyl (C=O) groups is 1. The number of hydrogen-bond donors (Lipinski definition) is 1. The van der Waals surface area contributed by atoms with E-state index in [4.69, 9.17) is 11.6 Å². The van der Waals surface area contributed by atoms with Crippen molar-refractivity contribution in [3.05, 3.63) is 23.9 Å². The molecule has 0 saturated heterocycles. The number of hydrogen-bond acceptors (Lipinski definition) is 4. The van der Waals surface area contributed by atoms with E-state index in [1.54, 1.807) is 12.3 Å². The van der Waals surface area contributed by atoms with Gasteiger partial charge in [0.15, 0.2) is 12.0 Å². The summed E-state index contributed by atoms with van der Waals surface area (Å²) in [5.74, 6) is 0.196. The van der Waals surface area contributed by atoms with Gasteiger partial charge in [0.05, 0.1) is 0 Å². The second-order valence-corrected chi connectivity index (χ2v) is 3.00. The maximum Gasteiger partial charge on any atom is 0.236 e. The van der Waals surface area contributed by atoms with Crippen molar-refractivity contribution in [3.63, 3.8) is 0 Å². The van der Waals surface area contributed by atoms with Gasteiger partial charge in [-0.15, -0.1) is 16.7 Å². The van der Waals surface area contributed by atoms with Crippen molar-refractivity contribution < 1.29 is 4.79 Å². The standard InChI is InChI=1S/C8H7ClN4O/c9-4-6(14)11-8-5-2-1-3-10-7(5)12-13-8/h1-3,8H,4H2,(H,11,14)/t8-/m0/s1. The summed E-state index contributed by atoms with van der Waals surface area (Å²) in [6, 6.07) is 3.59. The van der Waals surface area contributed by atoms with E-state index >= 15 is 0 Å². The molecule has 0 aliphatic carbocycles. The van der Waals surface area contributed by atoms with Gasteiger partial charge < -0.3 is 5.32 Å². The van der Waals surface area contributed by atoms with Gasteiger partial charge in [-0.2, -0.15) is 5.11 Å². The zero-order chi connectivity index (χ0) is 9.97. The minimum absolute atomic E-state index is 0.0817. The molecule has 0 unspecified atom stereocenters. The molecular weight excluding hydrogens is 204 g/mol. The topological polar surface area (TPSA) is 66.7 Å². The van der Waals surface area contributed by atoms with Crippen LogP contribution < -0.4 is 5.32 Å². The summed E-state index contributed by atoms with van der Waals surface area (Å²) in [7, 11) is 0. The molecule has 1 aromatic heterocycles. The molecular formula is C8H7ClN4O. The lowest BCUT2D eigenvalue weighted by molar-refractivity contribution is -0.119. The molecule has 0 saturated carbocycles. The van der Waals surface area contributed by atoms with Crippen LogP contribution >= 0.6 is 11.6 Å². The van der Waals surface area contributed by atoms with Gasteiger partial charge in [0.1, 0.15) is 5.88 Å². The Morgan fingerprint density at radius 2 is 2.50 bits per heavy atom. The van der Waals surface area contributed by atoms with Crippen LogP contribution in [0.1, 0.15) is 11.7 Å². The number of fused-ring (bicyclic) bond motifs is 1. The lowest BCUT2D eigenvalue weighted by atomic mass is 10.2. The fourth-order valence-corrected chi connectivity index (χ4v) is 1.26. The van der Waals surface area contributed by atoms with Crippen LogP contribution in [0.25, 0.3) is 0 Å². The Labute approximate surface area is 85.2 Å². The third-order valence-corrected chi connectivity index (χ3v) is 2.04. The van der Waals surface area contributed by atoms with Crippen molar-refractivity contribution >= 4 is 23.3 Å². The number of nitrogens with one attached hydrogen (secondary N) is 1. The number of alkyl halides is 1. The normalized spacial score (nSPS) is 17.9. The Morgan fingerprint density at radius 1 is 1.64 bits per heavy atom. The first-order valence-corrected chi connectivity index (χ1v) is 4.56. The molecule has 0 spiro atoms. The molecule has 2 rings (SSSR count). The van der Waals surface area contributed by atoms with Crippen LogP contribution in [-0.2, 0) is 4.79 Å². The van der Waals surface area contributed by atoms with Gasteiger partial charge in [0, 0.05) is 11.8 Å². The first-order valence-electron chi connectivity index (χ1n) is 4.02. The van der Waals surface area contributed by atoms with E-state index in [2.05, 4.69) is 20.5 Å². The molecule has 14 heavy (non-hydrogen) atoms. The number of nitrogens with zero attached hydrogens (tertiary/aromatic N) is 3. The second kappa shape index (κ2) is 3.71. The van der Waals surface area contributed by atoms with E-state index in [0.717, 1.165) is 5.56 Å². The van der Waals surface area contributed by atoms with Gasteiger partial charge in [-0.1, -0.05) is 0 Å². The zero-order valence-corrected chi connectivity index (χ0v) is 7.90. The highest BCUT2D eigenvalue weighted by atomic mass is 35.5. The molecule has 1 aromatic rings. The highest BCUT2D eigenvalue weighted by molar-refractivity contribution is 6.27. The molecule has 72 valence electrons. The Hall–Kier alpha value is -1.49. The molecule has 0 bridgehead atoms. The summed E-state index contributed by atoms with van der Waals surface area (Å²) in [5, 5.41) is 10.3. The second-order valence-electron chi connectivity index (χ2n) is 2.74. The Balaban J connectivity index is 2.18. The van der Waals surface area contributed by atoms with Crippen molar-refractivity contribution in [1.82, 2.24) is 10.3 Å². The van der Waals surface area contributed by atoms with Crippen molar-refractivity contribution in [1.29, 1.82) is 0 Å². The lowest BCUT2D eigenvalue weighted by Gasteiger charge is -2.07. The molecule has 1 aliphatic rings. The van der Waals surface area contributed by atoms with E-state index in [9.17, 15) is 4.79 Å². The Bertz CT molecular complexity index is 393. The van der Waals surface area contributed by atoms with Crippen LogP contribution in [0.3, 0.4) is 0 Å². The van der Waals surface area contributed by atoms with Gasteiger partial charge in [-0.05, 0) is 12.1 Å². The summed E-state index contributed by atoms with van der Waals surface area (Å²) in [6.07, 6.45) is 1.19. The Kier molecular flexibility index (Phi) is 2.41. The number of amides is 1. The molecule has 6 heteroatoms. The SMILES string of the molecule is O=C(CCl)N[C@H]1N=Nc2ncccc21. The lowest BCUT2D eigenvalue weighted by Crippen LogP contribution is -2.27. The van der Waals surface area contributed by atoms with Crippen LogP contribution in [0.4, 0.5) is 5.82 Å². The minimum atomic E-state index is -0.440. The molecule has 5 nitrogen and oxygen atoms in total. The highest BCUT2D eigenvalue weighted by Crippen LogP contribution is 2.31. The fraction of sp³-hybridized carbons (Fsp3) is 0.250. The molecule has 1 N–H and O–H groups in total. The quantitative estimate of drug-likeness (QED) is 0.753. The zero-order valence-electron chi connectivity index (χ0n) is 7.14. The van der Waals surface area contributed by atoms with Gasteiger partial charge in [-0.3, -0.25) is 4.79 Å². The summed E-state index contributed by atoms with van der Waals surface area (Å²) < 4.78 is 0. The third-order valence-electron chi connectivity index (χ3n) is 1.80. The van der Waals surface area contributed by atoms with Crippen molar-refractivity contribution in [2.45, 2.75) is 6.17 Å². The number of carbonyl (C=O) groups excluding carboxylic acids is 1. The summed E-state index contributed by atoms with van der Waals surface area (Å²) in [6.45, 7) is 0. The van der Waals surface area contributed by atoms with E-state index in [1.165, 1.54) is 0 Å². The molecule has 0 radical (unpaired) electrons. The number of aromatic nitrogens is 1. The van der Waals surface area contributed by atoms with Crippen molar-refractivity contribution in [2.24, 2.45) is 10.2 Å². The summed E-state index contributed by atoms with van der Waals surface area (Å²) >= 11 is 5.36. The molecule has 1 aliphatic heterocycles. The Morgan fingerprint density at radius 3 is 3.29 bits per heavy atom. The number of pyridine rings is 1.